The molecule has 1 aromatic carbocycles. The van der Waals surface area contributed by atoms with Gasteiger partial charge in [0.2, 0.25) is 11.0 Å². The summed E-state index contributed by atoms with van der Waals surface area (Å²) in [5.74, 6) is -0.0126. The minimum atomic E-state index is -0.295. The molecule has 0 aliphatic carbocycles. The molecule has 3 aromatic rings. The third kappa shape index (κ3) is 4.31. The van der Waals surface area contributed by atoms with E-state index >= 15 is 0 Å². The third-order valence-electron chi connectivity index (χ3n) is 4.68. The van der Waals surface area contributed by atoms with Gasteiger partial charge in [0.15, 0.2) is 15.5 Å². The molecule has 0 bridgehead atoms. The molecule has 9 nitrogen and oxygen atoms in total. The molecule has 30 heavy (non-hydrogen) atoms. The van der Waals surface area contributed by atoms with Crippen molar-refractivity contribution >= 4 is 51.0 Å². The molecule has 0 radical (unpaired) electrons. The maximum atomic E-state index is 12.8. The Bertz CT molecular complexity index is 1140. The lowest BCUT2D eigenvalue weighted by atomic mass is 10.2. The van der Waals surface area contributed by atoms with E-state index in [9.17, 15) is 14.4 Å². The van der Waals surface area contributed by atoms with Gasteiger partial charge in [-0.2, -0.15) is 0 Å². The smallest absolute Gasteiger partial charge is 0.289 e. The van der Waals surface area contributed by atoms with Crippen LogP contribution in [0, 0.1) is 0 Å². The van der Waals surface area contributed by atoms with Gasteiger partial charge in [-0.25, -0.2) is 0 Å². The van der Waals surface area contributed by atoms with Crippen molar-refractivity contribution in [3.8, 4) is 0 Å². The second kappa shape index (κ2) is 8.84. The van der Waals surface area contributed by atoms with Gasteiger partial charge in [-0.3, -0.25) is 14.4 Å². The highest BCUT2D eigenvalue weighted by Gasteiger charge is 2.26. The first-order chi connectivity index (χ1) is 14.5. The SMILES string of the molecule is CNC(=O)CSc1nnc(N2CCN(C(=O)c3cc(=O)c4ccccc4o3)CC2)s1. The molecule has 11 heteroatoms. The second-order valence-electron chi connectivity index (χ2n) is 6.56. The summed E-state index contributed by atoms with van der Waals surface area (Å²) in [6.07, 6.45) is 0. The molecule has 0 unspecified atom stereocenters. The number of benzene rings is 1. The molecule has 1 saturated heterocycles. The number of hydrogen-bond donors (Lipinski definition) is 1. The normalized spacial score (nSPS) is 14.2. The van der Waals surface area contributed by atoms with Crippen molar-refractivity contribution < 1.29 is 14.0 Å². The van der Waals surface area contributed by atoms with E-state index in [1.807, 2.05) is 0 Å². The Morgan fingerprint density at radius 3 is 2.73 bits per heavy atom. The van der Waals surface area contributed by atoms with Crippen LogP contribution in [0.2, 0.25) is 0 Å². The Balaban J connectivity index is 1.39. The number of anilines is 1. The number of amides is 2. The Kier molecular flexibility index (Phi) is 6.00. The number of nitrogens with one attached hydrogen (secondary N) is 1. The fourth-order valence-corrected chi connectivity index (χ4v) is 4.82. The van der Waals surface area contributed by atoms with Crippen molar-refractivity contribution in [1.82, 2.24) is 20.4 Å². The molecule has 3 heterocycles. The Morgan fingerprint density at radius 2 is 1.97 bits per heavy atom. The quantitative estimate of drug-likeness (QED) is 0.588. The van der Waals surface area contributed by atoms with E-state index in [0.717, 1.165) is 9.47 Å². The van der Waals surface area contributed by atoms with Crippen molar-refractivity contribution in [3.63, 3.8) is 0 Å². The number of fused-ring (bicyclic) bond motifs is 1. The highest BCUT2D eigenvalue weighted by molar-refractivity contribution is 8.01. The van der Waals surface area contributed by atoms with Gasteiger partial charge < -0.3 is 19.5 Å². The molecule has 1 fully saturated rings. The highest BCUT2D eigenvalue weighted by Crippen LogP contribution is 2.28. The van der Waals surface area contributed by atoms with Crippen molar-refractivity contribution in [1.29, 1.82) is 0 Å². The molecule has 1 N–H and O–H groups in total. The minimum absolute atomic E-state index is 0.0518. The molecule has 1 aliphatic rings. The number of rotatable bonds is 5. The fraction of sp³-hybridized carbons (Fsp3) is 0.316. The second-order valence-corrected chi connectivity index (χ2v) is 8.74. The van der Waals surface area contributed by atoms with Gasteiger partial charge in [0, 0.05) is 39.3 Å². The van der Waals surface area contributed by atoms with Crippen LogP contribution in [-0.4, -0.2) is 65.9 Å². The maximum Gasteiger partial charge on any atom is 0.289 e. The third-order valence-corrected chi connectivity index (χ3v) is 6.80. The van der Waals surface area contributed by atoms with Crippen LogP contribution in [0.4, 0.5) is 5.13 Å². The lowest BCUT2D eigenvalue weighted by Crippen LogP contribution is -2.48. The van der Waals surface area contributed by atoms with Crippen LogP contribution in [0.25, 0.3) is 11.0 Å². The van der Waals surface area contributed by atoms with Crippen molar-refractivity contribution in [2.45, 2.75) is 4.34 Å². The standard InChI is InChI=1S/C19H19N5O4S2/c1-20-16(26)11-29-19-22-21-18(30-19)24-8-6-23(7-9-24)17(27)15-10-13(25)12-4-2-3-5-14(12)28-15/h2-5,10H,6-9,11H2,1H3,(H,20,26). The topological polar surface area (TPSA) is 109 Å². The number of para-hydroxylation sites is 1. The zero-order chi connectivity index (χ0) is 21.1. The van der Waals surface area contributed by atoms with Crippen LogP contribution in [-0.2, 0) is 4.79 Å². The Morgan fingerprint density at radius 1 is 1.20 bits per heavy atom. The number of piperazine rings is 1. The Labute approximate surface area is 180 Å². The molecule has 2 amide bonds. The summed E-state index contributed by atoms with van der Waals surface area (Å²) in [6.45, 7) is 2.15. The summed E-state index contributed by atoms with van der Waals surface area (Å²) in [6, 6.07) is 8.15. The highest BCUT2D eigenvalue weighted by atomic mass is 32.2. The molecular formula is C19H19N5O4S2. The van der Waals surface area contributed by atoms with E-state index < -0.39 is 0 Å². The van der Waals surface area contributed by atoms with Gasteiger partial charge in [0.05, 0.1) is 11.1 Å². The van der Waals surface area contributed by atoms with Crippen LogP contribution in [0.1, 0.15) is 10.6 Å². The molecule has 4 rings (SSSR count). The molecule has 1 aliphatic heterocycles. The first kappa shape index (κ1) is 20.4. The largest absolute Gasteiger partial charge is 0.451 e. The van der Waals surface area contributed by atoms with Crippen LogP contribution >= 0.6 is 23.1 Å². The first-order valence-electron chi connectivity index (χ1n) is 9.29. The van der Waals surface area contributed by atoms with Crippen molar-refractivity contribution in [2.24, 2.45) is 0 Å². The monoisotopic (exact) mass is 445 g/mol. The van der Waals surface area contributed by atoms with E-state index in [2.05, 4.69) is 20.4 Å². The zero-order valence-electron chi connectivity index (χ0n) is 16.2. The van der Waals surface area contributed by atoms with Crippen LogP contribution in [0.15, 0.2) is 43.9 Å². The van der Waals surface area contributed by atoms with Gasteiger partial charge in [-0.1, -0.05) is 35.2 Å². The van der Waals surface area contributed by atoms with Crippen molar-refractivity contribution in [2.75, 3.05) is 43.9 Å². The van der Waals surface area contributed by atoms with Gasteiger partial charge in [-0.05, 0) is 12.1 Å². The van der Waals surface area contributed by atoms with E-state index in [1.54, 1.807) is 36.2 Å². The van der Waals surface area contributed by atoms with Crippen LogP contribution in [0.5, 0.6) is 0 Å². The number of nitrogens with zero attached hydrogens (tertiary/aromatic N) is 4. The van der Waals surface area contributed by atoms with Crippen LogP contribution in [0.3, 0.4) is 0 Å². The number of carbonyl (C=O) groups excluding carboxylic acids is 2. The maximum absolute atomic E-state index is 12.8. The van der Waals surface area contributed by atoms with E-state index in [-0.39, 0.29) is 23.0 Å². The van der Waals surface area contributed by atoms with Gasteiger partial charge in [0.25, 0.3) is 5.91 Å². The molecular weight excluding hydrogens is 426 g/mol. The predicted molar refractivity (Wildman–Crippen MR) is 115 cm³/mol. The van der Waals surface area contributed by atoms with Crippen LogP contribution < -0.4 is 15.6 Å². The Hall–Kier alpha value is -2.92. The fourth-order valence-electron chi connectivity index (χ4n) is 3.05. The summed E-state index contributed by atoms with van der Waals surface area (Å²) < 4.78 is 6.39. The zero-order valence-corrected chi connectivity index (χ0v) is 17.8. The lowest BCUT2D eigenvalue weighted by molar-refractivity contribution is -0.118. The number of thioether (sulfide) groups is 1. The average molecular weight is 446 g/mol. The lowest BCUT2D eigenvalue weighted by Gasteiger charge is -2.33. The summed E-state index contributed by atoms with van der Waals surface area (Å²) in [5, 5.41) is 12.1. The molecule has 0 saturated carbocycles. The predicted octanol–water partition coefficient (Wildman–Crippen LogP) is 1.44. The molecule has 156 valence electrons. The first-order valence-corrected chi connectivity index (χ1v) is 11.1. The summed E-state index contributed by atoms with van der Waals surface area (Å²) >= 11 is 2.77. The summed E-state index contributed by atoms with van der Waals surface area (Å²) in [5.41, 5.74) is 0.178. The molecule has 2 aromatic heterocycles. The van der Waals surface area contributed by atoms with Crippen molar-refractivity contribution in [3.05, 3.63) is 46.3 Å². The van der Waals surface area contributed by atoms with Gasteiger partial charge >= 0.3 is 0 Å². The average Bonchev–Trinajstić information content (AvgIpc) is 3.26. The summed E-state index contributed by atoms with van der Waals surface area (Å²) in [4.78, 5) is 40.2. The van der Waals surface area contributed by atoms with Gasteiger partial charge in [-0.15, -0.1) is 10.2 Å². The van der Waals surface area contributed by atoms with E-state index in [4.69, 9.17) is 4.42 Å². The molecule has 0 atom stereocenters. The number of carbonyl (C=O) groups is 2. The molecule has 0 spiro atoms. The summed E-state index contributed by atoms with van der Waals surface area (Å²) in [7, 11) is 1.60. The minimum Gasteiger partial charge on any atom is -0.451 e. The number of aromatic nitrogens is 2. The van der Waals surface area contributed by atoms with E-state index in [1.165, 1.54) is 29.2 Å². The number of hydrogen-bond acceptors (Lipinski definition) is 9. The van der Waals surface area contributed by atoms with Gasteiger partial charge in [0.1, 0.15) is 5.58 Å². The van der Waals surface area contributed by atoms with E-state index in [0.29, 0.717) is 42.9 Å².